The summed E-state index contributed by atoms with van der Waals surface area (Å²) < 4.78 is 5.83. The number of hydrogen-bond donors (Lipinski definition) is 1. The van der Waals surface area contributed by atoms with Gasteiger partial charge >= 0.3 is 0 Å². The average Bonchev–Trinajstić information content (AvgIpc) is 2.68. The summed E-state index contributed by atoms with van der Waals surface area (Å²) in [5, 5.41) is 3.20. The zero-order chi connectivity index (χ0) is 21.0. The first kappa shape index (κ1) is 20.3. The SMILES string of the molecule is Cc1ccccc1C(=O)N(C)c1cnc(Nc2ccccc2OC(C)C)nc1C. The van der Waals surface area contributed by atoms with E-state index < -0.39 is 0 Å². The largest absolute Gasteiger partial charge is 0.489 e. The summed E-state index contributed by atoms with van der Waals surface area (Å²) in [7, 11) is 1.74. The molecule has 0 spiro atoms. The lowest BCUT2D eigenvalue weighted by molar-refractivity contribution is 0.0992. The highest BCUT2D eigenvalue weighted by molar-refractivity contribution is 6.06. The summed E-state index contributed by atoms with van der Waals surface area (Å²) in [6.07, 6.45) is 1.72. The molecule has 1 N–H and O–H groups in total. The van der Waals surface area contributed by atoms with Crippen LogP contribution >= 0.6 is 0 Å². The Morgan fingerprint density at radius 1 is 1.07 bits per heavy atom. The van der Waals surface area contributed by atoms with Crippen LogP contribution in [0.25, 0.3) is 0 Å². The second-order valence-corrected chi connectivity index (χ2v) is 7.13. The Bertz CT molecular complexity index is 1020. The molecule has 2 aromatic carbocycles. The smallest absolute Gasteiger partial charge is 0.258 e. The number of aryl methyl sites for hydroxylation is 2. The zero-order valence-electron chi connectivity index (χ0n) is 17.4. The van der Waals surface area contributed by atoms with Crippen LogP contribution in [-0.2, 0) is 0 Å². The van der Waals surface area contributed by atoms with Crippen LogP contribution in [0.4, 0.5) is 17.3 Å². The molecule has 1 heterocycles. The fourth-order valence-corrected chi connectivity index (χ4v) is 3.00. The Morgan fingerprint density at radius 2 is 1.76 bits per heavy atom. The number of rotatable bonds is 6. The van der Waals surface area contributed by atoms with Crippen molar-refractivity contribution in [2.45, 2.75) is 33.8 Å². The second-order valence-electron chi connectivity index (χ2n) is 7.13. The standard InChI is InChI=1S/C23H26N4O2/c1-15(2)29-21-13-9-8-12-19(21)26-23-24-14-20(17(4)25-23)27(5)22(28)18-11-7-6-10-16(18)3/h6-15H,1-5H3,(H,24,25,26). The van der Waals surface area contributed by atoms with E-state index in [0.29, 0.717) is 22.9 Å². The van der Waals surface area contributed by atoms with Gasteiger partial charge < -0.3 is 15.0 Å². The number of hydrogen-bond acceptors (Lipinski definition) is 5. The third-order valence-electron chi connectivity index (χ3n) is 4.49. The molecule has 0 radical (unpaired) electrons. The van der Waals surface area contributed by atoms with Gasteiger partial charge in [0.05, 0.1) is 29.4 Å². The zero-order valence-corrected chi connectivity index (χ0v) is 17.4. The van der Waals surface area contributed by atoms with Gasteiger partial charge in [0.25, 0.3) is 5.91 Å². The number of carbonyl (C=O) groups excluding carboxylic acids is 1. The summed E-state index contributed by atoms with van der Waals surface area (Å²) in [5.74, 6) is 1.09. The van der Waals surface area contributed by atoms with Crippen LogP contribution in [-0.4, -0.2) is 29.0 Å². The quantitative estimate of drug-likeness (QED) is 0.648. The van der Waals surface area contributed by atoms with E-state index in [1.807, 2.05) is 76.2 Å². The first-order chi connectivity index (χ1) is 13.9. The van der Waals surface area contributed by atoms with E-state index in [2.05, 4.69) is 15.3 Å². The Hall–Kier alpha value is -3.41. The van der Waals surface area contributed by atoms with Crippen LogP contribution in [0.2, 0.25) is 0 Å². The minimum atomic E-state index is -0.0915. The van der Waals surface area contributed by atoms with E-state index in [0.717, 1.165) is 17.0 Å². The Morgan fingerprint density at radius 3 is 2.45 bits per heavy atom. The van der Waals surface area contributed by atoms with E-state index in [4.69, 9.17) is 4.74 Å². The lowest BCUT2D eigenvalue weighted by atomic mass is 10.1. The van der Waals surface area contributed by atoms with Crippen molar-refractivity contribution < 1.29 is 9.53 Å². The molecule has 6 heteroatoms. The van der Waals surface area contributed by atoms with Gasteiger partial charge in [-0.2, -0.15) is 0 Å². The molecule has 0 saturated heterocycles. The maximum absolute atomic E-state index is 12.9. The first-order valence-electron chi connectivity index (χ1n) is 9.57. The summed E-state index contributed by atoms with van der Waals surface area (Å²) in [4.78, 5) is 23.4. The molecule has 0 unspecified atom stereocenters. The van der Waals surface area contributed by atoms with Crippen molar-refractivity contribution in [3.63, 3.8) is 0 Å². The van der Waals surface area contributed by atoms with Gasteiger partial charge in [-0.3, -0.25) is 4.79 Å². The Labute approximate surface area is 171 Å². The number of nitrogens with one attached hydrogen (secondary N) is 1. The molecule has 29 heavy (non-hydrogen) atoms. The predicted octanol–water partition coefficient (Wildman–Crippen LogP) is 4.90. The molecule has 0 bridgehead atoms. The van der Waals surface area contributed by atoms with E-state index in [9.17, 15) is 4.79 Å². The highest BCUT2D eigenvalue weighted by Gasteiger charge is 2.18. The molecule has 6 nitrogen and oxygen atoms in total. The number of ether oxygens (including phenoxy) is 1. The van der Waals surface area contributed by atoms with Gasteiger partial charge in [0.15, 0.2) is 0 Å². The van der Waals surface area contributed by atoms with Crippen LogP contribution in [0.3, 0.4) is 0 Å². The number of para-hydroxylation sites is 2. The maximum Gasteiger partial charge on any atom is 0.258 e. The van der Waals surface area contributed by atoms with Crippen molar-refractivity contribution in [3.05, 3.63) is 71.5 Å². The molecular weight excluding hydrogens is 364 g/mol. The number of aromatic nitrogens is 2. The van der Waals surface area contributed by atoms with Crippen molar-refractivity contribution in [1.82, 2.24) is 9.97 Å². The lowest BCUT2D eigenvalue weighted by Crippen LogP contribution is -2.28. The van der Waals surface area contributed by atoms with Crippen molar-refractivity contribution in [2.75, 3.05) is 17.3 Å². The van der Waals surface area contributed by atoms with Crippen LogP contribution in [0.15, 0.2) is 54.7 Å². The van der Waals surface area contributed by atoms with Gasteiger partial charge in [-0.15, -0.1) is 0 Å². The minimum absolute atomic E-state index is 0.0593. The van der Waals surface area contributed by atoms with Crippen LogP contribution < -0.4 is 15.0 Å². The van der Waals surface area contributed by atoms with Gasteiger partial charge in [-0.25, -0.2) is 9.97 Å². The molecule has 150 valence electrons. The number of anilines is 3. The van der Waals surface area contributed by atoms with Crippen molar-refractivity contribution in [2.24, 2.45) is 0 Å². The van der Waals surface area contributed by atoms with Crippen LogP contribution in [0.1, 0.15) is 35.5 Å². The molecule has 0 atom stereocenters. The molecule has 0 aliphatic rings. The number of carbonyl (C=O) groups is 1. The molecule has 1 amide bonds. The molecule has 0 aliphatic carbocycles. The first-order valence-corrected chi connectivity index (χ1v) is 9.57. The fraction of sp³-hybridized carbons (Fsp3) is 0.261. The highest BCUT2D eigenvalue weighted by atomic mass is 16.5. The van der Waals surface area contributed by atoms with Crippen LogP contribution in [0, 0.1) is 13.8 Å². The monoisotopic (exact) mass is 390 g/mol. The molecule has 3 aromatic rings. The van der Waals surface area contributed by atoms with Crippen molar-refractivity contribution in [1.29, 1.82) is 0 Å². The van der Waals surface area contributed by atoms with E-state index in [1.54, 1.807) is 18.1 Å². The van der Waals surface area contributed by atoms with E-state index >= 15 is 0 Å². The molecule has 1 aromatic heterocycles. The highest BCUT2D eigenvalue weighted by Crippen LogP contribution is 2.28. The Balaban J connectivity index is 1.82. The second kappa shape index (κ2) is 8.73. The van der Waals surface area contributed by atoms with Gasteiger partial charge in [-0.05, 0) is 51.5 Å². The predicted molar refractivity (Wildman–Crippen MR) is 116 cm³/mol. The summed E-state index contributed by atoms with van der Waals surface area (Å²) >= 11 is 0. The summed E-state index contributed by atoms with van der Waals surface area (Å²) in [6, 6.07) is 15.2. The van der Waals surface area contributed by atoms with Crippen LogP contribution in [0.5, 0.6) is 5.75 Å². The molecular formula is C23H26N4O2. The maximum atomic E-state index is 12.9. The van der Waals surface area contributed by atoms with Gasteiger partial charge in [-0.1, -0.05) is 30.3 Å². The average molecular weight is 390 g/mol. The van der Waals surface area contributed by atoms with Crippen molar-refractivity contribution in [3.8, 4) is 5.75 Å². The summed E-state index contributed by atoms with van der Waals surface area (Å²) in [6.45, 7) is 7.75. The molecule has 0 fully saturated rings. The fourth-order valence-electron chi connectivity index (χ4n) is 3.00. The van der Waals surface area contributed by atoms with Crippen molar-refractivity contribution >= 4 is 23.2 Å². The third-order valence-corrected chi connectivity index (χ3v) is 4.49. The molecule has 0 aliphatic heterocycles. The topological polar surface area (TPSA) is 67.4 Å². The Kier molecular flexibility index (Phi) is 6.12. The molecule has 3 rings (SSSR count). The van der Waals surface area contributed by atoms with Gasteiger partial charge in [0.1, 0.15) is 5.75 Å². The van der Waals surface area contributed by atoms with E-state index in [1.165, 1.54) is 0 Å². The summed E-state index contributed by atoms with van der Waals surface area (Å²) in [5.41, 5.74) is 3.75. The third kappa shape index (κ3) is 4.71. The minimum Gasteiger partial charge on any atom is -0.489 e. The normalized spacial score (nSPS) is 10.7. The number of benzene rings is 2. The number of amides is 1. The number of nitrogens with zero attached hydrogens (tertiary/aromatic N) is 3. The van der Waals surface area contributed by atoms with E-state index in [-0.39, 0.29) is 12.0 Å². The molecule has 0 saturated carbocycles. The lowest BCUT2D eigenvalue weighted by Gasteiger charge is -2.20. The van der Waals surface area contributed by atoms with Gasteiger partial charge in [0, 0.05) is 12.6 Å². The van der Waals surface area contributed by atoms with Gasteiger partial charge in [0.2, 0.25) is 5.95 Å².